The number of carbonyl (C=O) groups is 1. The van der Waals surface area contributed by atoms with Crippen molar-refractivity contribution < 1.29 is 19.4 Å². The highest BCUT2D eigenvalue weighted by atomic mass is 19.1. The molecule has 1 unspecified atom stereocenters. The Hall–Kier alpha value is -1.42. The average Bonchev–Trinajstić information content (AvgIpc) is 2.12. The van der Waals surface area contributed by atoms with Crippen LogP contribution in [0.25, 0.3) is 0 Å². The molecule has 15 heavy (non-hydrogen) atoms. The third-order valence-electron chi connectivity index (χ3n) is 2.38. The molecule has 4 heteroatoms. The lowest BCUT2D eigenvalue weighted by molar-refractivity contribution is -0.156. The molecule has 0 heterocycles. The molecule has 0 aliphatic rings. The Bertz CT molecular complexity index is 385. The number of carboxylic acid groups (broad SMARTS) is 1. The Balaban J connectivity index is 3.00. The van der Waals surface area contributed by atoms with E-state index in [0.29, 0.717) is 11.1 Å². The van der Waals surface area contributed by atoms with E-state index in [1.165, 1.54) is 19.1 Å². The molecule has 0 bridgehead atoms. The molecule has 1 aromatic carbocycles. The number of benzene rings is 1. The predicted octanol–water partition coefficient (Wildman–Crippen LogP) is 1.51. The summed E-state index contributed by atoms with van der Waals surface area (Å²) in [7, 11) is 0. The van der Waals surface area contributed by atoms with Gasteiger partial charge in [-0.25, -0.2) is 9.18 Å². The van der Waals surface area contributed by atoms with Gasteiger partial charge in [-0.1, -0.05) is 12.1 Å². The van der Waals surface area contributed by atoms with E-state index in [1.54, 1.807) is 13.0 Å². The van der Waals surface area contributed by atoms with Crippen LogP contribution in [0, 0.1) is 12.7 Å². The molecule has 0 fully saturated rings. The summed E-state index contributed by atoms with van der Waals surface area (Å²) in [6.45, 7) is 2.75. The summed E-state index contributed by atoms with van der Waals surface area (Å²) in [5.74, 6) is -1.71. The molecule has 0 aliphatic heterocycles. The Kier molecular flexibility index (Phi) is 3.09. The molecule has 0 aromatic heterocycles. The second kappa shape index (κ2) is 3.98. The lowest BCUT2D eigenvalue weighted by Crippen LogP contribution is -2.37. The predicted molar refractivity (Wildman–Crippen MR) is 53.1 cm³/mol. The first-order valence-electron chi connectivity index (χ1n) is 4.54. The molecular weight excluding hydrogens is 199 g/mol. The van der Waals surface area contributed by atoms with E-state index in [9.17, 15) is 14.3 Å². The summed E-state index contributed by atoms with van der Waals surface area (Å²) < 4.78 is 13.1. The smallest absolute Gasteiger partial charge is 0.335 e. The molecule has 1 rings (SSSR count). The minimum Gasteiger partial charge on any atom is -0.479 e. The van der Waals surface area contributed by atoms with E-state index in [0.717, 1.165) is 0 Å². The minimum absolute atomic E-state index is 0.105. The third kappa shape index (κ3) is 2.53. The standard InChI is InChI=1S/C11H13FO3/c1-7-8(4-3-5-9(7)12)6-11(2,15)10(13)14/h3-5,15H,6H2,1-2H3,(H,13,14). The zero-order chi connectivity index (χ0) is 11.6. The lowest BCUT2D eigenvalue weighted by atomic mass is 9.94. The molecule has 0 amide bonds. The van der Waals surface area contributed by atoms with Crippen molar-refractivity contribution in [2.45, 2.75) is 25.9 Å². The topological polar surface area (TPSA) is 57.5 Å². The summed E-state index contributed by atoms with van der Waals surface area (Å²) >= 11 is 0. The fraction of sp³-hybridized carbons (Fsp3) is 0.364. The Labute approximate surface area is 87.2 Å². The van der Waals surface area contributed by atoms with Crippen LogP contribution in [-0.2, 0) is 11.2 Å². The lowest BCUT2D eigenvalue weighted by Gasteiger charge is -2.19. The van der Waals surface area contributed by atoms with Crippen LogP contribution in [0.5, 0.6) is 0 Å². The molecule has 3 nitrogen and oxygen atoms in total. The van der Waals surface area contributed by atoms with E-state index < -0.39 is 17.4 Å². The normalized spacial score (nSPS) is 14.7. The maximum absolute atomic E-state index is 13.1. The molecule has 2 N–H and O–H groups in total. The number of rotatable bonds is 3. The second-order valence-electron chi connectivity index (χ2n) is 3.78. The van der Waals surface area contributed by atoms with Gasteiger partial charge < -0.3 is 10.2 Å². The number of aliphatic carboxylic acids is 1. The number of hydrogen-bond acceptors (Lipinski definition) is 2. The quantitative estimate of drug-likeness (QED) is 0.798. The Morgan fingerprint density at radius 3 is 2.67 bits per heavy atom. The number of halogens is 1. The summed E-state index contributed by atoms with van der Waals surface area (Å²) in [6.07, 6.45) is -0.105. The SMILES string of the molecule is Cc1c(F)cccc1CC(C)(O)C(=O)O. The highest BCUT2D eigenvalue weighted by Gasteiger charge is 2.30. The number of hydrogen-bond donors (Lipinski definition) is 2. The van der Waals surface area contributed by atoms with Gasteiger partial charge in [0.15, 0.2) is 5.60 Å². The molecular formula is C11H13FO3. The maximum atomic E-state index is 13.1. The van der Waals surface area contributed by atoms with Gasteiger partial charge in [-0.2, -0.15) is 0 Å². The Morgan fingerprint density at radius 1 is 1.53 bits per heavy atom. The summed E-state index contributed by atoms with van der Waals surface area (Å²) in [5, 5.41) is 18.3. The Morgan fingerprint density at radius 2 is 2.13 bits per heavy atom. The van der Waals surface area contributed by atoms with Crippen LogP contribution in [0.3, 0.4) is 0 Å². The first-order valence-corrected chi connectivity index (χ1v) is 4.54. The van der Waals surface area contributed by atoms with Gasteiger partial charge in [-0.05, 0) is 31.0 Å². The second-order valence-corrected chi connectivity index (χ2v) is 3.78. The molecule has 1 aromatic rings. The van der Waals surface area contributed by atoms with Gasteiger partial charge in [0.25, 0.3) is 0 Å². The molecule has 0 saturated heterocycles. The molecule has 0 saturated carbocycles. The van der Waals surface area contributed by atoms with Crippen LogP contribution in [0.4, 0.5) is 4.39 Å². The van der Waals surface area contributed by atoms with Crippen molar-refractivity contribution in [3.8, 4) is 0 Å². The first kappa shape index (κ1) is 11.7. The molecule has 0 aliphatic carbocycles. The fourth-order valence-corrected chi connectivity index (χ4v) is 1.29. The van der Waals surface area contributed by atoms with E-state index in [1.807, 2.05) is 0 Å². The van der Waals surface area contributed by atoms with Crippen LogP contribution in [0.1, 0.15) is 18.1 Å². The van der Waals surface area contributed by atoms with Crippen molar-refractivity contribution in [3.63, 3.8) is 0 Å². The van der Waals surface area contributed by atoms with E-state index in [4.69, 9.17) is 5.11 Å². The summed E-state index contributed by atoms with van der Waals surface area (Å²) in [6, 6.07) is 4.40. The molecule has 0 radical (unpaired) electrons. The highest BCUT2D eigenvalue weighted by molar-refractivity contribution is 5.77. The van der Waals surface area contributed by atoms with Crippen molar-refractivity contribution in [2.75, 3.05) is 0 Å². The average molecular weight is 212 g/mol. The van der Waals surface area contributed by atoms with Crippen LogP contribution in [0.2, 0.25) is 0 Å². The molecule has 82 valence electrons. The van der Waals surface area contributed by atoms with Crippen LogP contribution < -0.4 is 0 Å². The van der Waals surface area contributed by atoms with Gasteiger partial charge in [-0.3, -0.25) is 0 Å². The monoisotopic (exact) mass is 212 g/mol. The highest BCUT2D eigenvalue weighted by Crippen LogP contribution is 2.18. The summed E-state index contributed by atoms with van der Waals surface area (Å²) in [5.41, 5.74) is -0.986. The van der Waals surface area contributed by atoms with Crippen molar-refractivity contribution in [2.24, 2.45) is 0 Å². The van der Waals surface area contributed by atoms with Crippen LogP contribution in [-0.4, -0.2) is 21.8 Å². The maximum Gasteiger partial charge on any atom is 0.335 e. The van der Waals surface area contributed by atoms with Gasteiger partial charge in [0.05, 0.1) is 0 Å². The minimum atomic E-state index is -1.86. The zero-order valence-electron chi connectivity index (χ0n) is 8.62. The summed E-state index contributed by atoms with van der Waals surface area (Å²) in [4.78, 5) is 10.7. The number of carboxylic acids is 1. The van der Waals surface area contributed by atoms with Gasteiger partial charge >= 0.3 is 5.97 Å². The van der Waals surface area contributed by atoms with E-state index in [2.05, 4.69) is 0 Å². The molecule has 0 spiro atoms. The fourth-order valence-electron chi connectivity index (χ4n) is 1.29. The third-order valence-corrected chi connectivity index (χ3v) is 2.38. The van der Waals surface area contributed by atoms with Crippen LogP contribution in [0.15, 0.2) is 18.2 Å². The van der Waals surface area contributed by atoms with Crippen molar-refractivity contribution in [3.05, 3.63) is 35.1 Å². The largest absolute Gasteiger partial charge is 0.479 e. The van der Waals surface area contributed by atoms with E-state index in [-0.39, 0.29) is 6.42 Å². The van der Waals surface area contributed by atoms with E-state index >= 15 is 0 Å². The van der Waals surface area contributed by atoms with Gasteiger partial charge in [-0.15, -0.1) is 0 Å². The van der Waals surface area contributed by atoms with Crippen molar-refractivity contribution in [1.82, 2.24) is 0 Å². The van der Waals surface area contributed by atoms with Gasteiger partial charge in [0.1, 0.15) is 5.82 Å². The van der Waals surface area contributed by atoms with Gasteiger partial charge in [0.2, 0.25) is 0 Å². The van der Waals surface area contributed by atoms with Crippen LogP contribution >= 0.6 is 0 Å². The zero-order valence-corrected chi connectivity index (χ0v) is 8.62. The number of aliphatic hydroxyl groups is 1. The van der Waals surface area contributed by atoms with Crippen molar-refractivity contribution >= 4 is 5.97 Å². The van der Waals surface area contributed by atoms with Gasteiger partial charge in [0, 0.05) is 6.42 Å². The molecule has 1 atom stereocenters. The first-order chi connectivity index (χ1) is 6.84. The van der Waals surface area contributed by atoms with Crippen molar-refractivity contribution in [1.29, 1.82) is 0 Å².